The van der Waals surface area contributed by atoms with Gasteiger partial charge in [0.05, 0.1) is 19.8 Å². The summed E-state index contributed by atoms with van der Waals surface area (Å²) in [4.78, 5) is 40.9. The summed E-state index contributed by atoms with van der Waals surface area (Å²) in [6, 6.07) is 11.4. The lowest BCUT2D eigenvalue weighted by Gasteiger charge is -2.24. The van der Waals surface area contributed by atoms with Gasteiger partial charge in [-0.25, -0.2) is 4.79 Å². The van der Waals surface area contributed by atoms with Gasteiger partial charge in [-0.3, -0.25) is 14.5 Å². The van der Waals surface area contributed by atoms with Gasteiger partial charge < -0.3 is 24.4 Å². The molecular weight excluding hydrogens is 462 g/mol. The van der Waals surface area contributed by atoms with E-state index in [1.54, 1.807) is 56.4 Å². The van der Waals surface area contributed by atoms with E-state index < -0.39 is 17.5 Å². The summed E-state index contributed by atoms with van der Waals surface area (Å²) in [5, 5.41) is 3.32. The first-order chi connectivity index (χ1) is 16.3. The van der Waals surface area contributed by atoms with Crippen LogP contribution in [0.1, 0.15) is 18.9 Å². The van der Waals surface area contributed by atoms with Crippen LogP contribution in [0.15, 0.2) is 42.5 Å². The van der Waals surface area contributed by atoms with Crippen molar-refractivity contribution in [2.45, 2.75) is 18.9 Å². The van der Waals surface area contributed by atoms with Gasteiger partial charge in [0.15, 0.2) is 11.5 Å². The minimum atomic E-state index is -1.32. The van der Waals surface area contributed by atoms with Crippen molar-refractivity contribution >= 4 is 29.4 Å². The maximum absolute atomic E-state index is 13.2. The number of amides is 4. The first-order valence-electron chi connectivity index (χ1n) is 10.9. The van der Waals surface area contributed by atoms with Gasteiger partial charge in [0.25, 0.3) is 5.91 Å². The highest BCUT2D eigenvalue weighted by Crippen LogP contribution is 2.36. The second-order valence-electron chi connectivity index (χ2n) is 8.28. The van der Waals surface area contributed by atoms with Crippen molar-refractivity contribution < 1.29 is 28.6 Å². The number of ether oxygens (including phenoxy) is 3. The fraction of sp³-hybridized carbons (Fsp3) is 0.375. The van der Waals surface area contributed by atoms with Crippen LogP contribution in [0.25, 0.3) is 0 Å². The molecule has 0 aromatic heterocycles. The molecule has 10 heteroatoms. The van der Waals surface area contributed by atoms with E-state index in [4.69, 9.17) is 25.8 Å². The van der Waals surface area contributed by atoms with Crippen molar-refractivity contribution in [1.82, 2.24) is 15.1 Å². The Kier molecular flexibility index (Phi) is 6.83. The predicted octanol–water partition coefficient (Wildman–Crippen LogP) is 2.81. The molecule has 0 saturated carbocycles. The van der Waals surface area contributed by atoms with E-state index >= 15 is 0 Å². The molecule has 34 heavy (non-hydrogen) atoms. The highest BCUT2D eigenvalue weighted by Gasteiger charge is 2.50. The van der Waals surface area contributed by atoms with Crippen LogP contribution in [0, 0.1) is 0 Å². The molecule has 2 aliphatic rings. The summed E-state index contributed by atoms with van der Waals surface area (Å²) in [5.41, 5.74) is -0.770. The van der Waals surface area contributed by atoms with Crippen molar-refractivity contribution in [2.24, 2.45) is 0 Å². The molecule has 0 bridgehead atoms. The molecule has 0 radical (unpaired) electrons. The van der Waals surface area contributed by atoms with E-state index in [1.807, 2.05) is 0 Å². The number of halogens is 1. The third kappa shape index (κ3) is 4.89. The van der Waals surface area contributed by atoms with Gasteiger partial charge in [-0.05, 0) is 48.9 Å². The second-order valence-corrected chi connectivity index (χ2v) is 8.71. The van der Waals surface area contributed by atoms with E-state index in [0.717, 1.165) is 11.3 Å². The number of benzene rings is 2. The average Bonchev–Trinajstić information content (AvgIpc) is 2.98. The largest absolute Gasteiger partial charge is 0.492 e. The van der Waals surface area contributed by atoms with Crippen LogP contribution in [0.2, 0.25) is 5.02 Å². The molecule has 1 atom stereocenters. The Balaban J connectivity index is 1.37. The predicted molar refractivity (Wildman–Crippen MR) is 124 cm³/mol. The lowest BCUT2D eigenvalue weighted by molar-refractivity contribution is -0.138. The molecule has 4 rings (SSSR count). The number of carbonyl (C=O) groups excluding carboxylic acids is 3. The third-order valence-electron chi connectivity index (χ3n) is 5.83. The zero-order valence-electron chi connectivity index (χ0n) is 19.0. The number of likely N-dealkylation sites (N-methyl/N-ethyl adjacent to an activating group) is 1. The van der Waals surface area contributed by atoms with Crippen LogP contribution in [0.5, 0.6) is 17.2 Å². The van der Waals surface area contributed by atoms with Crippen molar-refractivity contribution in [2.75, 3.05) is 40.0 Å². The van der Waals surface area contributed by atoms with Crippen LogP contribution in [0.3, 0.4) is 0 Å². The molecule has 4 amide bonds. The fourth-order valence-corrected chi connectivity index (χ4v) is 3.85. The molecule has 0 spiro atoms. The van der Waals surface area contributed by atoms with E-state index in [9.17, 15) is 14.4 Å². The Labute approximate surface area is 202 Å². The van der Waals surface area contributed by atoms with Gasteiger partial charge >= 0.3 is 6.03 Å². The standard InChI is InChI=1S/C24H26ClN3O6/c1-24(16-4-9-19-20(14-16)34-12-3-11-33-19)22(30)28(23(31)26-24)15-21(29)27(2)10-13-32-18-7-5-17(25)6-8-18/h4-9,14H,3,10-13,15H2,1-2H3,(H,26,31). The van der Waals surface area contributed by atoms with E-state index in [2.05, 4.69) is 5.32 Å². The van der Waals surface area contributed by atoms with Crippen LogP contribution >= 0.6 is 11.6 Å². The molecule has 0 aliphatic carbocycles. The molecule has 1 fully saturated rings. The number of fused-ring (bicyclic) bond motifs is 1. The van der Waals surface area contributed by atoms with Crippen LogP contribution in [-0.2, 0) is 15.1 Å². The lowest BCUT2D eigenvalue weighted by Crippen LogP contribution is -2.44. The number of nitrogens with zero attached hydrogens (tertiary/aromatic N) is 2. The summed E-state index contributed by atoms with van der Waals surface area (Å²) in [5.74, 6) is 0.854. The van der Waals surface area contributed by atoms with E-state index in [1.165, 1.54) is 4.90 Å². The maximum atomic E-state index is 13.2. The monoisotopic (exact) mass is 487 g/mol. The van der Waals surface area contributed by atoms with Crippen molar-refractivity contribution in [3.8, 4) is 17.2 Å². The van der Waals surface area contributed by atoms with E-state index in [-0.39, 0.29) is 25.6 Å². The zero-order valence-corrected chi connectivity index (χ0v) is 19.8. The SMILES string of the molecule is CN(CCOc1ccc(Cl)cc1)C(=O)CN1C(=O)NC(C)(c2ccc3c(c2)OCCCO3)C1=O. The topological polar surface area (TPSA) is 97.4 Å². The maximum Gasteiger partial charge on any atom is 0.325 e. The molecule has 9 nitrogen and oxygen atoms in total. The number of urea groups is 1. The van der Waals surface area contributed by atoms with Crippen LogP contribution in [-0.4, -0.2) is 67.6 Å². The van der Waals surface area contributed by atoms with Gasteiger partial charge in [0.1, 0.15) is 24.4 Å². The normalized spacial score (nSPS) is 19.4. The van der Waals surface area contributed by atoms with Crippen molar-refractivity contribution in [3.63, 3.8) is 0 Å². The van der Waals surface area contributed by atoms with Gasteiger partial charge in [-0.15, -0.1) is 0 Å². The molecule has 1 saturated heterocycles. The first-order valence-corrected chi connectivity index (χ1v) is 11.3. The van der Waals surface area contributed by atoms with Gasteiger partial charge in [0, 0.05) is 18.5 Å². The number of imide groups is 1. The second kappa shape index (κ2) is 9.80. The fourth-order valence-electron chi connectivity index (χ4n) is 3.72. The molecule has 2 heterocycles. The smallest absolute Gasteiger partial charge is 0.325 e. The minimum absolute atomic E-state index is 0.249. The Morgan fingerprint density at radius 1 is 1.15 bits per heavy atom. The molecule has 1 unspecified atom stereocenters. The first kappa shape index (κ1) is 23.7. The Hall–Kier alpha value is -3.46. The average molecular weight is 488 g/mol. The summed E-state index contributed by atoms with van der Waals surface area (Å²) in [7, 11) is 1.59. The van der Waals surface area contributed by atoms with E-state index in [0.29, 0.717) is 41.0 Å². The van der Waals surface area contributed by atoms with Crippen molar-refractivity contribution in [1.29, 1.82) is 0 Å². The molecular formula is C24H26ClN3O6. The summed E-state index contributed by atoms with van der Waals surface area (Å²) in [6.07, 6.45) is 0.755. The number of hydrogen-bond acceptors (Lipinski definition) is 6. The van der Waals surface area contributed by atoms with Crippen LogP contribution < -0.4 is 19.5 Å². The molecule has 1 N–H and O–H groups in total. The summed E-state index contributed by atoms with van der Waals surface area (Å²) >= 11 is 5.85. The Morgan fingerprint density at radius 3 is 2.59 bits per heavy atom. The zero-order chi connectivity index (χ0) is 24.3. The van der Waals surface area contributed by atoms with Gasteiger partial charge in [-0.2, -0.15) is 0 Å². The lowest BCUT2D eigenvalue weighted by atomic mass is 9.91. The summed E-state index contributed by atoms with van der Waals surface area (Å²) < 4.78 is 17.0. The van der Waals surface area contributed by atoms with Gasteiger partial charge in [-0.1, -0.05) is 17.7 Å². The van der Waals surface area contributed by atoms with Crippen LogP contribution in [0.4, 0.5) is 4.79 Å². The number of hydrogen-bond donors (Lipinski definition) is 1. The molecule has 2 aliphatic heterocycles. The molecule has 2 aromatic carbocycles. The molecule has 2 aromatic rings. The Bertz CT molecular complexity index is 1090. The number of nitrogens with one attached hydrogen (secondary N) is 1. The Morgan fingerprint density at radius 2 is 1.85 bits per heavy atom. The highest BCUT2D eigenvalue weighted by atomic mass is 35.5. The van der Waals surface area contributed by atoms with Crippen molar-refractivity contribution in [3.05, 3.63) is 53.1 Å². The quantitative estimate of drug-likeness (QED) is 0.603. The molecule has 180 valence electrons. The third-order valence-corrected chi connectivity index (χ3v) is 6.08. The summed E-state index contributed by atoms with van der Waals surface area (Å²) in [6.45, 7) is 2.82. The number of carbonyl (C=O) groups is 3. The van der Waals surface area contributed by atoms with Gasteiger partial charge in [0.2, 0.25) is 5.91 Å². The number of rotatable bonds is 7. The minimum Gasteiger partial charge on any atom is -0.492 e. The highest BCUT2D eigenvalue weighted by molar-refractivity contribution is 6.30.